The van der Waals surface area contributed by atoms with Crippen molar-refractivity contribution in [1.29, 1.82) is 0 Å². The van der Waals surface area contributed by atoms with Gasteiger partial charge in [0.15, 0.2) is 5.60 Å². The monoisotopic (exact) mass is 398 g/mol. The fourth-order valence-electron chi connectivity index (χ4n) is 7.13. The van der Waals surface area contributed by atoms with E-state index in [0.29, 0.717) is 0 Å². The number of benzene rings is 3. The number of hydrogen-bond acceptors (Lipinski definition) is 4. The van der Waals surface area contributed by atoms with Crippen LogP contribution in [0.5, 0.6) is 0 Å². The van der Waals surface area contributed by atoms with Crippen molar-refractivity contribution in [3.63, 3.8) is 0 Å². The highest BCUT2D eigenvalue weighted by molar-refractivity contribution is 5.90. The van der Waals surface area contributed by atoms with Crippen LogP contribution in [0.1, 0.15) is 34.1 Å². The van der Waals surface area contributed by atoms with Crippen molar-refractivity contribution in [2.24, 2.45) is 0 Å². The number of ether oxygens (including phenoxy) is 1. The Morgan fingerprint density at radius 1 is 0.767 bits per heavy atom. The second-order valence-corrected chi connectivity index (χ2v) is 8.68. The molecule has 0 unspecified atom stereocenters. The molecule has 0 aliphatic heterocycles. The van der Waals surface area contributed by atoms with E-state index >= 15 is 0 Å². The third-order valence-electron chi connectivity index (χ3n) is 7.89. The predicted molar refractivity (Wildman–Crippen MR) is 111 cm³/mol. The first kappa shape index (κ1) is 17.9. The van der Waals surface area contributed by atoms with Crippen molar-refractivity contribution in [3.05, 3.63) is 107 Å². The van der Waals surface area contributed by atoms with Crippen molar-refractivity contribution >= 4 is 5.97 Å². The fraction of sp³-hybridized carbons (Fsp3) is 0.269. The van der Waals surface area contributed by atoms with Gasteiger partial charge in [-0.05, 0) is 22.3 Å². The number of carbonyl (C=O) groups is 1. The zero-order valence-electron chi connectivity index (χ0n) is 16.5. The summed E-state index contributed by atoms with van der Waals surface area (Å²) in [6, 6.07) is 27.8. The van der Waals surface area contributed by atoms with Gasteiger partial charge in [-0.2, -0.15) is 0 Å². The van der Waals surface area contributed by atoms with Crippen LogP contribution in [0.2, 0.25) is 0 Å². The second kappa shape index (κ2) is 5.60. The average Bonchev–Trinajstić information content (AvgIpc) is 3.27. The number of esters is 1. The molecule has 3 aromatic carbocycles. The van der Waals surface area contributed by atoms with Gasteiger partial charge in [-0.25, -0.2) is 4.79 Å². The summed E-state index contributed by atoms with van der Waals surface area (Å²) in [5.74, 6) is -1.42. The zero-order valence-corrected chi connectivity index (χ0v) is 16.5. The van der Waals surface area contributed by atoms with Crippen molar-refractivity contribution in [3.8, 4) is 0 Å². The first-order chi connectivity index (χ1) is 14.6. The maximum Gasteiger partial charge on any atom is 0.341 e. The van der Waals surface area contributed by atoms with Crippen molar-refractivity contribution in [1.82, 2.24) is 0 Å². The molecule has 6 rings (SSSR count). The smallest absolute Gasteiger partial charge is 0.341 e. The molecule has 2 N–H and O–H groups in total. The van der Waals surface area contributed by atoms with Crippen LogP contribution in [-0.4, -0.2) is 35.0 Å². The minimum absolute atomic E-state index is 0.0315. The molecule has 4 heteroatoms. The molecule has 150 valence electrons. The van der Waals surface area contributed by atoms with E-state index in [-0.39, 0.29) is 5.92 Å². The van der Waals surface area contributed by atoms with Gasteiger partial charge in [-0.3, -0.25) is 0 Å². The van der Waals surface area contributed by atoms with E-state index in [1.165, 1.54) is 7.11 Å². The number of hydrogen-bond donors (Lipinski definition) is 2. The molecule has 2 saturated carbocycles. The summed E-state index contributed by atoms with van der Waals surface area (Å²) in [5, 5.41) is 23.7. The highest BCUT2D eigenvalue weighted by Gasteiger charge is 2.96. The minimum atomic E-state index is -2.04. The molecule has 0 saturated heterocycles. The summed E-state index contributed by atoms with van der Waals surface area (Å²) >= 11 is 0. The Kier molecular flexibility index (Phi) is 3.33. The molecular formula is C26H22O4. The molecule has 0 heterocycles. The highest BCUT2D eigenvalue weighted by atomic mass is 16.5. The van der Waals surface area contributed by atoms with Crippen LogP contribution in [0.15, 0.2) is 84.9 Å². The van der Waals surface area contributed by atoms with Crippen molar-refractivity contribution in [2.75, 3.05) is 7.11 Å². The summed E-state index contributed by atoms with van der Waals surface area (Å²) < 4.78 is 5.05. The number of methoxy groups -OCH3 is 1. The van der Waals surface area contributed by atoms with E-state index in [1.807, 2.05) is 78.9 Å². The van der Waals surface area contributed by atoms with Crippen LogP contribution in [0.4, 0.5) is 0 Å². The lowest BCUT2D eigenvalue weighted by Crippen LogP contribution is -2.54. The minimum Gasteiger partial charge on any atom is -0.467 e. The Hall–Kier alpha value is -2.95. The molecule has 3 aromatic rings. The Morgan fingerprint density at radius 2 is 1.23 bits per heavy atom. The van der Waals surface area contributed by atoms with Crippen LogP contribution >= 0.6 is 0 Å². The van der Waals surface area contributed by atoms with Gasteiger partial charge in [-0.1, -0.05) is 84.9 Å². The van der Waals surface area contributed by atoms with Crippen LogP contribution in [0.25, 0.3) is 0 Å². The van der Waals surface area contributed by atoms with Crippen LogP contribution in [0, 0.1) is 0 Å². The second-order valence-electron chi connectivity index (χ2n) is 8.68. The third kappa shape index (κ3) is 1.60. The van der Waals surface area contributed by atoms with Gasteiger partial charge in [-0.15, -0.1) is 0 Å². The summed E-state index contributed by atoms with van der Waals surface area (Å²) in [6.07, 6.45) is -1.30. The predicted octanol–water partition coefficient (Wildman–Crippen LogP) is 3.04. The first-order valence-electron chi connectivity index (χ1n) is 10.3. The topological polar surface area (TPSA) is 66.8 Å². The lowest BCUT2D eigenvalue weighted by Gasteiger charge is -2.34. The van der Waals surface area contributed by atoms with Gasteiger partial charge >= 0.3 is 5.97 Å². The average molecular weight is 398 g/mol. The van der Waals surface area contributed by atoms with Gasteiger partial charge in [0, 0.05) is 22.7 Å². The number of aliphatic hydroxyl groups is 2. The van der Waals surface area contributed by atoms with Crippen LogP contribution in [-0.2, 0) is 20.4 Å². The van der Waals surface area contributed by atoms with E-state index in [1.54, 1.807) is 0 Å². The highest BCUT2D eigenvalue weighted by Crippen LogP contribution is 2.91. The van der Waals surface area contributed by atoms with E-state index in [9.17, 15) is 15.0 Å². The van der Waals surface area contributed by atoms with Gasteiger partial charge in [0.25, 0.3) is 0 Å². The molecule has 6 atom stereocenters. The number of fused-ring (bicyclic) bond motifs is 4. The molecule has 3 aliphatic carbocycles. The Morgan fingerprint density at radius 3 is 1.77 bits per heavy atom. The SMILES string of the molecule is COC(=O)[C@@]1(O)[C@H](O)[C@@]2(c3ccccc3)[C@H]3c4ccccc4[C@@H]1[C@]32c1ccccc1. The summed E-state index contributed by atoms with van der Waals surface area (Å²) in [7, 11) is 1.26. The Balaban J connectivity index is 1.75. The van der Waals surface area contributed by atoms with Crippen molar-refractivity contribution in [2.45, 2.75) is 34.4 Å². The van der Waals surface area contributed by atoms with E-state index in [2.05, 4.69) is 6.07 Å². The van der Waals surface area contributed by atoms with Crippen LogP contribution in [0.3, 0.4) is 0 Å². The number of aliphatic hydroxyl groups excluding tert-OH is 1. The van der Waals surface area contributed by atoms with E-state index in [4.69, 9.17) is 4.74 Å². The van der Waals surface area contributed by atoms with Gasteiger partial charge in [0.2, 0.25) is 0 Å². The molecule has 0 spiro atoms. The Labute approximate surface area is 174 Å². The largest absolute Gasteiger partial charge is 0.467 e. The molecule has 3 aliphatic rings. The zero-order chi connectivity index (χ0) is 20.7. The van der Waals surface area contributed by atoms with Crippen LogP contribution < -0.4 is 0 Å². The van der Waals surface area contributed by atoms with Gasteiger partial charge in [0.05, 0.1) is 7.11 Å². The molecular weight excluding hydrogens is 376 g/mol. The molecule has 0 amide bonds. The molecule has 0 radical (unpaired) electrons. The Bertz CT molecular complexity index is 1160. The van der Waals surface area contributed by atoms with E-state index in [0.717, 1.165) is 22.3 Å². The standard InChI is InChI=1S/C26H22O4/c1-30-23(28)26(29)21-19-15-9-8-14-18(19)20-24(21,16-10-4-2-5-11-16)25(20,22(26)27)17-12-6-3-7-13-17/h2-15,20-22,27,29H,1H3/t20-,21+,22+,24-,25+,26-/m0/s1. The quantitative estimate of drug-likeness (QED) is 0.666. The maximum atomic E-state index is 13.0. The normalized spacial score (nSPS) is 37.4. The molecule has 2 fully saturated rings. The summed E-state index contributed by atoms with van der Waals surface area (Å²) in [6.45, 7) is 0. The number of rotatable bonds is 3. The van der Waals surface area contributed by atoms with Crippen molar-refractivity contribution < 1.29 is 19.7 Å². The summed E-state index contributed by atoms with van der Waals surface area (Å²) in [5.41, 5.74) is 0.504. The summed E-state index contributed by atoms with van der Waals surface area (Å²) in [4.78, 5) is 13.0. The van der Waals surface area contributed by atoms with Gasteiger partial charge < -0.3 is 14.9 Å². The number of carbonyl (C=O) groups excluding carboxylic acids is 1. The lowest BCUT2D eigenvalue weighted by atomic mass is 9.74. The lowest BCUT2D eigenvalue weighted by molar-refractivity contribution is -0.177. The maximum absolute atomic E-state index is 13.0. The fourth-order valence-corrected chi connectivity index (χ4v) is 7.13. The molecule has 0 aromatic heterocycles. The molecule has 0 bridgehead atoms. The first-order valence-corrected chi connectivity index (χ1v) is 10.3. The molecule has 30 heavy (non-hydrogen) atoms. The molecule has 4 nitrogen and oxygen atoms in total. The van der Waals surface area contributed by atoms with E-state index < -0.39 is 34.4 Å². The van der Waals surface area contributed by atoms with Gasteiger partial charge in [0.1, 0.15) is 6.10 Å². The third-order valence-corrected chi connectivity index (χ3v) is 7.89.